The molecule has 3 amide bonds. The van der Waals surface area contributed by atoms with Gasteiger partial charge in [0.1, 0.15) is 5.75 Å². The lowest BCUT2D eigenvalue weighted by atomic mass is 10.1. The maximum atomic E-state index is 11.9. The monoisotopic (exact) mass is 305 g/mol. The number of hydrogen-bond donors (Lipinski definition) is 3. The molecular weight excluding hydrogens is 282 g/mol. The van der Waals surface area contributed by atoms with Crippen LogP contribution >= 0.6 is 0 Å². The van der Waals surface area contributed by atoms with Crippen LogP contribution in [0.3, 0.4) is 0 Å². The number of anilines is 1. The van der Waals surface area contributed by atoms with E-state index >= 15 is 0 Å². The molecule has 0 unspecified atom stereocenters. The first-order valence-electron chi connectivity index (χ1n) is 7.60. The van der Waals surface area contributed by atoms with E-state index in [1.165, 1.54) is 0 Å². The van der Waals surface area contributed by atoms with E-state index < -0.39 is 0 Å². The molecule has 1 heterocycles. The van der Waals surface area contributed by atoms with E-state index in [1.807, 2.05) is 12.1 Å². The average molecular weight is 305 g/mol. The molecule has 22 heavy (non-hydrogen) atoms. The number of ether oxygens (including phenoxy) is 1. The standard InChI is InChI=1S/C16H23N3O3/c1-11(2)6-7-22-14-5-3-4-12(8-14)18-16(21)19-13-9-15(20)17-10-13/h3-5,8,11,13H,6-7,9-10H2,1-2H3,(H,17,20)(H2,18,19,21)/t13-/m0/s1. The molecule has 1 aliphatic heterocycles. The lowest BCUT2D eigenvalue weighted by Crippen LogP contribution is -2.39. The molecule has 120 valence electrons. The Morgan fingerprint density at radius 1 is 1.45 bits per heavy atom. The Balaban J connectivity index is 1.81. The van der Waals surface area contributed by atoms with Crippen molar-refractivity contribution in [3.05, 3.63) is 24.3 Å². The lowest BCUT2D eigenvalue weighted by molar-refractivity contribution is -0.119. The number of amides is 3. The maximum Gasteiger partial charge on any atom is 0.319 e. The van der Waals surface area contributed by atoms with Gasteiger partial charge in [-0.2, -0.15) is 0 Å². The quantitative estimate of drug-likeness (QED) is 0.753. The van der Waals surface area contributed by atoms with Crippen LogP contribution in [0, 0.1) is 5.92 Å². The molecule has 0 saturated carbocycles. The van der Waals surface area contributed by atoms with Gasteiger partial charge in [-0.1, -0.05) is 19.9 Å². The molecule has 0 aromatic heterocycles. The van der Waals surface area contributed by atoms with Crippen molar-refractivity contribution in [3.63, 3.8) is 0 Å². The van der Waals surface area contributed by atoms with Gasteiger partial charge in [0.15, 0.2) is 0 Å². The van der Waals surface area contributed by atoms with Crippen LogP contribution in [0.25, 0.3) is 0 Å². The van der Waals surface area contributed by atoms with E-state index in [0.717, 1.165) is 12.2 Å². The minimum atomic E-state index is -0.319. The normalized spacial score (nSPS) is 17.2. The topological polar surface area (TPSA) is 79.5 Å². The summed E-state index contributed by atoms with van der Waals surface area (Å²) in [7, 11) is 0. The van der Waals surface area contributed by atoms with Gasteiger partial charge in [0.2, 0.25) is 5.91 Å². The average Bonchev–Trinajstić information content (AvgIpc) is 2.84. The molecule has 1 aliphatic rings. The van der Waals surface area contributed by atoms with Crippen molar-refractivity contribution in [2.45, 2.75) is 32.7 Å². The summed E-state index contributed by atoms with van der Waals surface area (Å²) >= 11 is 0. The van der Waals surface area contributed by atoms with Crippen LogP contribution in [0.1, 0.15) is 26.7 Å². The first-order valence-corrected chi connectivity index (χ1v) is 7.60. The maximum absolute atomic E-state index is 11.9. The molecule has 0 radical (unpaired) electrons. The molecule has 2 rings (SSSR count). The molecule has 1 aromatic carbocycles. The second-order valence-electron chi connectivity index (χ2n) is 5.86. The van der Waals surface area contributed by atoms with Gasteiger partial charge in [0, 0.05) is 24.7 Å². The minimum absolute atomic E-state index is 0.0363. The number of nitrogens with one attached hydrogen (secondary N) is 3. The van der Waals surface area contributed by atoms with Crippen molar-refractivity contribution < 1.29 is 14.3 Å². The van der Waals surface area contributed by atoms with Crippen molar-refractivity contribution in [1.82, 2.24) is 10.6 Å². The number of benzene rings is 1. The van der Waals surface area contributed by atoms with Crippen LogP contribution in [0.4, 0.5) is 10.5 Å². The fraction of sp³-hybridized carbons (Fsp3) is 0.500. The highest BCUT2D eigenvalue weighted by molar-refractivity contribution is 5.90. The predicted molar refractivity (Wildman–Crippen MR) is 85.0 cm³/mol. The third-order valence-corrected chi connectivity index (χ3v) is 3.37. The molecule has 1 fully saturated rings. The molecule has 0 spiro atoms. The molecule has 3 N–H and O–H groups in total. The smallest absolute Gasteiger partial charge is 0.319 e. The van der Waals surface area contributed by atoms with Crippen molar-refractivity contribution in [3.8, 4) is 5.75 Å². The van der Waals surface area contributed by atoms with Crippen LogP contribution in [-0.2, 0) is 4.79 Å². The van der Waals surface area contributed by atoms with E-state index in [2.05, 4.69) is 29.8 Å². The first kappa shape index (κ1) is 16.1. The molecule has 1 atom stereocenters. The van der Waals surface area contributed by atoms with Crippen LogP contribution in [0.5, 0.6) is 5.75 Å². The van der Waals surface area contributed by atoms with Crippen molar-refractivity contribution >= 4 is 17.6 Å². The molecule has 1 saturated heterocycles. The first-order chi connectivity index (χ1) is 10.5. The summed E-state index contributed by atoms with van der Waals surface area (Å²) in [5.74, 6) is 1.29. The molecule has 1 aromatic rings. The van der Waals surface area contributed by atoms with Gasteiger partial charge in [-0.15, -0.1) is 0 Å². The van der Waals surface area contributed by atoms with E-state index in [1.54, 1.807) is 12.1 Å². The Morgan fingerprint density at radius 2 is 2.27 bits per heavy atom. The second-order valence-corrected chi connectivity index (χ2v) is 5.86. The fourth-order valence-electron chi connectivity index (χ4n) is 2.14. The molecular formula is C16H23N3O3. The third-order valence-electron chi connectivity index (χ3n) is 3.37. The van der Waals surface area contributed by atoms with Gasteiger partial charge in [0.25, 0.3) is 0 Å². The fourth-order valence-corrected chi connectivity index (χ4v) is 2.14. The number of rotatable bonds is 6. The summed E-state index contributed by atoms with van der Waals surface area (Å²) < 4.78 is 5.66. The van der Waals surface area contributed by atoms with E-state index in [0.29, 0.717) is 31.2 Å². The largest absolute Gasteiger partial charge is 0.494 e. The van der Waals surface area contributed by atoms with E-state index in [9.17, 15) is 9.59 Å². The van der Waals surface area contributed by atoms with Gasteiger partial charge in [0.05, 0.1) is 12.6 Å². The van der Waals surface area contributed by atoms with Gasteiger partial charge in [-0.25, -0.2) is 4.79 Å². The number of carbonyl (C=O) groups excluding carboxylic acids is 2. The Labute approximate surface area is 130 Å². The van der Waals surface area contributed by atoms with E-state index in [4.69, 9.17) is 4.74 Å². The summed E-state index contributed by atoms with van der Waals surface area (Å²) in [5.41, 5.74) is 0.664. The summed E-state index contributed by atoms with van der Waals surface area (Å²) in [4.78, 5) is 23.0. The Kier molecular flexibility index (Phi) is 5.63. The van der Waals surface area contributed by atoms with Gasteiger partial charge < -0.3 is 20.7 Å². The predicted octanol–water partition coefficient (Wildman–Crippen LogP) is 2.12. The highest BCUT2D eigenvalue weighted by atomic mass is 16.5. The SMILES string of the molecule is CC(C)CCOc1cccc(NC(=O)N[C@@H]2CNC(=O)C2)c1. The van der Waals surface area contributed by atoms with Crippen molar-refractivity contribution in [2.75, 3.05) is 18.5 Å². The zero-order valence-electron chi connectivity index (χ0n) is 13.0. The lowest BCUT2D eigenvalue weighted by Gasteiger charge is -2.13. The molecule has 0 aliphatic carbocycles. The Bertz CT molecular complexity index is 531. The number of urea groups is 1. The molecule has 6 nitrogen and oxygen atoms in total. The Hall–Kier alpha value is -2.24. The molecule has 6 heteroatoms. The zero-order chi connectivity index (χ0) is 15.9. The van der Waals surface area contributed by atoms with Crippen LogP contribution < -0.4 is 20.7 Å². The van der Waals surface area contributed by atoms with E-state index in [-0.39, 0.29) is 18.0 Å². The Morgan fingerprint density at radius 3 is 2.95 bits per heavy atom. The highest BCUT2D eigenvalue weighted by Gasteiger charge is 2.22. The summed E-state index contributed by atoms with van der Waals surface area (Å²) in [5, 5.41) is 8.19. The second kappa shape index (κ2) is 7.68. The van der Waals surface area contributed by atoms with Gasteiger partial charge in [-0.3, -0.25) is 4.79 Å². The van der Waals surface area contributed by atoms with Crippen LogP contribution in [0.2, 0.25) is 0 Å². The summed E-state index contributed by atoms with van der Waals surface area (Å²) in [6.07, 6.45) is 1.31. The van der Waals surface area contributed by atoms with Crippen molar-refractivity contribution in [1.29, 1.82) is 0 Å². The number of carbonyl (C=O) groups is 2. The van der Waals surface area contributed by atoms with Crippen LogP contribution in [-0.4, -0.2) is 31.1 Å². The highest BCUT2D eigenvalue weighted by Crippen LogP contribution is 2.18. The minimum Gasteiger partial charge on any atom is -0.494 e. The zero-order valence-corrected chi connectivity index (χ0v) is 13.0. The van der Waals surface area contributed by atoms with Gasteiger partial charge >= 0.3 is 6.03 Å². The number of hydrogen-bond acceptors (Lipinski definition) is 3. The summed E-state index contributed by atoms with van der Waals surface area (Å²) in [6.45, 7) is 5.43. The van der Waals surface area contributed by atoms with Crippen LogP contribution in [0.15, 0.2) is 24.3 Å². The van der Waals surface area contributed by atoms with Gasteiger partial charge in [-0.05, 0) is 24.5 Å². The van der Waals surface area contributed by atoms with Crippen molar-refractivity contribution in [2.24, 2.45) is 5.92 Å². The third kappa shape index (κ3) is 5.27. The summed E-state index contributed by atoms with van der Waals surface area (Å²) in [6, 6.07) is 6.81. The molecule has 0 bridgehead atoms.